The van der Waals surface area contributed by atoms with E-state index < -0.39 is 12.6 Å². The Hall–Kier alpha value is -0.115. The molecule has 0 aliphatic carbocycles. The highest BCUT2D eigenvalue weighted by Crippen LogP contribution is 2.37. The number of hydrogen-bond donors (Lipinski definition) is 0. The van der Waals surface area contributed by atoms with Crippen molar-refractivity contribution in [2.75, 3.05) is 13.1 Å². The second-order valence-electron chi connectivity index (χ2n) is 4.64. The van der Waals surface area contributed by atoms with Crippen LogP contribution in [-0.4, -0.2) is 30.5 Å². The molecule has 2 heterocycles. The number of halogens is 2. The van der Waals surface area contributed by atoms with Gasteiger partial charge in [0.25, 0.3) is 0 Å². The van der Waals surface area contributed by atoms with Crippen LogP contribution in [0.5, 0.6) is 0 Å². The Morgan fingerprint density at radius 3 is 1.85 bits per heavy atom. The first-order valence-corrected chi connectivity index (χ1v) is 5.48. The maximum absolute atomic E-state index is 13.0. The summed E-state index contributed by atoms with van der Waals surface area (Å²) in [5, 5.41) is 0. The van der Waals surface area contributed by atoms with Crippen molar-refractivity contribution in [2.45, 2.75) is 44.6 Å². The predicted molar refractivity (Wildman–Crippen MR) is 51.4 cm³/mol. The quantitative estimate of drug-likeness (QED) is 0.571. The van der Waals surface area contributed by atoms with Crippen LogP contribution in [-0.2, 0) is 0 Å². The zero-order valence-electron chi connectivity index (χ0n) is 8.01. The summed E-state index contributed by atoms with van der Waals surface area (Å²) in [6.45, 7) is 1.84. The maximum Gasteiger partial charge on any atom is 0.137 e. The molecule has 76 valence electrons. The van der Waals surface area contributed by atoms with Gasteiger partial charge in [-0.05, 0) is 25.9 Å². The smallest absolute Gasteiger partial charge is 0.137 e. The maximum atomic E-state index is 13.0. The molecule has 1 nitrogen and oxygen atoms in total. The van der Waals surface area contributed by atoms with E-state index in [1.54, 1.807) is 0 Å². The lowest BCUT2D eigenvalue weighted by atomic mass is 9.27. The van der Waals surface area contributed by atoms with Gasteiger partial charge in [-0.25, -0.2) is 0 Å². The summed E-state index contributed by atoms with van der Waals surface area (Å²) in [6.07, 6.45) is 2.32. The Bertz CT molecular complexity index is 174. The van der Waals surface area contributed by atoms with E-state index in [4.69, 9.17) is 0 Å². The molecule has 0 saturated carbocycles. The first-order valence-electron chi connectivity index (χ1n) is 5.48. The van der Waals surface area contributed by atoms with E-state index >= 15 is 0 Å². The average molecular weight is 188 g/mol. The van der Waals surface area contributed by atoms with E-state index in [1.165, 1.54) is 0 Å². The van der Waals surface area contributed by atoms with Crippen molar-refractivity contribution in [3.05, 3.63) is 0 Å². The molecular weight excluding hydrogens is 171 g/mol. The van der Waals surface area contributed by atoms with Crippen LogP contribution in [0.4, 0.5) is 8.78 Å². The molecule has 0 atom stereocenters. The van der Waals surface area contributed by atoms with E-state index in [0.29, 0.717) is 0 Å². The lowest BCUT2D eigenvalue weighted by molar-refractivity contribution is 0.187. The normalized spacial score (nSPS) is 28.8. The topological polar surface area (TPSA) is 3.24 Å². The molecule has 0 bridgehead atoms. The van der Waals surface area contributed by atoms with Crippen molar-refractivity contribution < 1.29 is 8.78 Å². The summed E-state index contributed by atoms with van der Waals surface area (Å²) in [4.78, 5) is 2.11. The SMILES string of the molecule is FC(F)[B-]12CCCCN1CCCC2. The number of fused-ring (bicyclic) bond motifs is 1. The molecule has 0 aromatic heterocycles. The van der Waals surface area contributed by atoms with Crippen LogP contribution in [0.15, 0.2) is 0 Å². The number of rotatable bonds is 1. The molecule has 0 N–H and O–H groups in total. The van der Waals surface area contributed by atoms with E-state index in [0.717, 1.165) is 51.4 Å². The summed E-state index contributed by atoms with van der Waals surface area (Å²) < 4.78 is 26.1. The molecule has 2 rings (SSSR count). The van der Waals surface area contributed by atoms with Gasteiger partial charge in [0.2, 0.25) is 0 Å². The minimum absolute atomic E-state index is 0.775. The van der Waals surface area contributed by atoms with E-state index in [2.05, 4.69) is 4.81 Å². The van der Waals surface area contributed by atoms with Crippen LogP contribution in [0.25, 0.3) is 0 Å². The first-order chi connectivity index (χ1) is 6.26. The Morgan fingerprint density at radius 2 is 1.46 bits per heavy atom. The number of hydrogen-bond acceptors (Lipinski definition) is 1. The minimum Gasteiger partial charge on any atom is -0.470 e. The Labute approximate surface area is 78.4 Å². The molecule has 2 saturated heterocycles. The molecule has 0 unspecified atom stereocenters. The summed E-state index contributed by atoms with van der Waals surface area (Å²) in [7, 11) is 0. The van der Waals surface area contributed by atoms with E-state index in [1.807, 2.05) is 0 Å². The van der Waals surface area contributed by atoms with Crippen molar-refractivity contribution in [3.8, 4) is 0 Å². The van der Waals surface area contributed by atoms with Crippen LogP contribution in [0.1, 0.15) is 25.7 Å². The molecule has 0 amide bonds. The molecule has 2 aliphatic heterocycles. The summed E-state index contributed by atoms with van der Waals surface area (Å²) in [5.41, 5.74) is 0. The molecule has 2 aliphatic rings. The van der Waals surface area contributed by atoms with Gasteiger partial charge in [0.1, 0.15) is 12.6 Å². The van der Waals surface area contributed by atoms with Gasteiger partial charge in [-0.1, -0.05) is 12.8 Å². The van der Waals surface area contributed by atoms with Gasteiger partial charge >= 0.3 is 0 Å². The summed E-state index contributed by atoms with van der Waals surface area (Å²) in [5.74, 6) is 0. The second kappa shape index (κ2) is 3.56. The molecule has 0 aromatic rings. The molecule has 0 aromatic carbocycles. The lowest BCUT2D eigenvalue weighted by Crippen LogP contribution is -2.63. The van der Waals surface area contributed by atoms with Gasteiger partial charge in [0.05, 0.1) is 0 Å². The third-order valence-corrected chi connectivity index (χ3v) is 3.99. The fourth-order valence-corrected chi connectivity index (χ4v) is 3.17. The van der Waals surface area contributed by atoms with Crippen LogP contribution >= 0.6 is 0 Å². The fraction of sp³-hybridized carbons (Fsp3) is 1.00. The van der Waals surface area contributed by atoms with Crippen molar-refractivity contribution >= 4 is 6.28 Å². The van der Waals surface area contributed by atoms with Gasteiger partial charge in [0, 0.05) is 0 Å². The molecule has 4 heteroatoms. The van der Waals surface area contributed by atoms with Crippen LogP contribution in [0.2, 0.25) is 12.6 Å². The van der Waals surface area contributed by atoms with E-state index in [9.17, 15) is 8.78 Å². The second-order valence-corrected chi connectivity index (χ2v) is 4.64. The third-order valence-electron chi connectivity index (χ3n) is 3.99. The zero-order valence-corrected chi connectivity index (χ0v) is 8.01. The fourth-order valence-electron chi connectivity index (χ4n) is 3.17. The molecular formula is C9H17BF2N-. The third kappa shape index (κ3) is 1.49. The minimum atomic E-state index is -2.08. The monoisotopic (exact) mass is 188 g/mol. The van der Waals surface area contributed by atoms with Gasteiger partial charge in [-0.2, -0.15) is 12.6 Å². The molecule has 0 radical (unpaired) electrons. The zero-order chi connectivity index (χ0) is 9.31. The van der Waals surface area contributed by atoms with Crippen molar-refractivity contribution in [2.24, 2.45) is 0 Å². The van der Waals surface area contributed by atoms with Crippen LogP contribution in [0, 0.1) is 0 Å². The van der Waals surface area contributed by atoms with Crippen LogP contribution < -0.4 is 0 Å². The van der Waals surface area contributed by atoms with E-state index in [-0.39, 0.29) is 0 Å². The molecule has 0 spiro atoms. The van der Waals surface area contributed by atoms with Gasteiger partial charge in [-0.3, -0.25) is 8.78 Å². The lowest BCUT2D eigenvalue weighted by Gasteiger charge is -2.56. The Balaban J connectivity index is 2.16. The summed E-state index contributed by atoms with van der Waals surface area (Å²) >= 11 is 0. The predicted octanol–water partition coefficient (Wildman–Crippen LogP) is 2.63. The summed E-state index contributed by atoms with van der Waals surface area (Å²) in [6, 6.07) is 0. The van der Waals surface area contributed by atoms with Gasteiger partial charge in [-0.15, -0.1) is 0 Å². The number of nitrogens with zero attached hydrogens (tertiary/aromatic N) is 1. The molecule has 2 fully saturated rings. The largest absolute Gasteiger partial charge is 0.470 e. The highest BCUT2D eigenvalue weighted by atomic mass is 19.3. The number of alkyl halides is 2. The standard InChI is InChI=1S/C9H17BF2N/c11-9(12)10-5-1-3-7-13(10)8-4-2-6-10/h9H,1-8H2/q-1. The van der Waals surface area contributed by atoms with Crippen LogP contribution in [0.3, 0.4) is 0 Å². The van der Waals surface area contributed by atoms with Gasteiger partial charge in [0.15, 0.2) is 0 Å². The van der Waals surface area contributed by atoms with Crippen molar-refractivity contribution in [3.63, 3.8) is 0 Å². The van der Waals surface area contributed by atoms with Crippen molar-refractivity contribution in [1.82, 2.24) is 4.81 Å². The Morgan fingerprint density at radius 1 is 0.923 bits per heavy atom. The highest BCUT2D eigenvalue weighted by Gasteiger charge is 2.42. The average Bonchev–Trinajstić information content (AvgIpc) is 2.17. The molecule has 13 heavy (non-hydrogen) atoms. The van der Waals surface area contributed by atoms with Crippen molar-refractivity contribution in [1.29, 1.82) is 0 Å². The highest BCUT2D eigenvalue weighted by molar-refractivity contribution is 6.78. The Kier molecular flexibility index (Phi) is 2.59. The van der Waals surface area contributed by atoms with Gasteiger partial charge < -0.3 is 4.81 Å². The first kappa shape index (κ1) is 9.44.